The Morgan fingerprint density at radius 3 is 2.94 bits per heavy atom. The number of nitrogen functional groups attached to an aromatic ring is 1. The minimum atomic E-state index is -1.18. The number of nitrogens with zero attached hydrogens (tertiary/aromatic N) is 4. The fourth-order valence-corrected chi connectivity index (χ4v) is 6.28. The number of hydrogen-bond donors (Lipinski definition) is 4. The van der Waals surface area contributed by atoms with Crippen molar-refractivity contribution in [3.63, 3.8) is 0 Å². The summed E-state index contributed by atoms with van der Waals surface area (Å²) in [6.45, 7) is 1.93. The molecule has 2 atom stereocenters. The number of nitrogens with one attached hydrogen (secondary N) is 2. The summed E-state index contributed by atoms with van der Waals surface area (Å²) in [6.07, 6.45) is 2.26. The zero-order valence-corrected chi connectivity index (χ0v) is 20.9. The van der Waals surface area contributed by atoms with Crippen LogP contribution in [0.15, 0.2) is 46.2 Å². The number of fused-ring (bicyclic) bond motifs is 2. The van der Waals surface area contributed by atoms with Crippen molar-refractivity contribution < 1.29 is 28.8 Å². The molecule has 186 valence electrons. The number of anilines is 1. The highest BCUT2D eigenvalue weighted by Crippen LogP contribution is 2.41. The van der Waals surface area contributed by atoms with Crippen molar-refractivity contribution in [3.8, 4) is 0 Å². The number of aliphatic carboxylic acids is 1. The summed E-state index contributed by atoms with van der Waals surface area (Å²) in [5.41, 5.74) is 9.16. The first kappa shape index (κ1) is 23.8. The monoisotopic (exact) mass is 528 g/mol. The summed E-state index contributed by atoms with van der Waals surface area (Å²) in [6, 6.07) is 4.85. The van der Waals surface area contributed by atoms with Gasteiger partial charge in [0.15, 0.2) is 10.8 Å². The minimum Gasteiger partial charge on any atom is -0.477 e. The standard InChI is InChI=1S/C22H21N7O5S2/c1-10-12(14-5-3-4-6-28(14)26-10)7-11-8-35-20-16(19(31)29(20)17(11)21(32)33)25-18(30)15(27-34-2)13-9-36-22(23)24-13/h3-6,9,16,20H,7-8H2,1-2H3,(H4,23,24,25,30,32,33)/p+1/t16-,20+/m1/s1. The topological polar surface area (TPSA) is 167 Å². The zero-order valence-electron chi connectivity index (χ0n) is 19.2. The number of β-lactam (4-membered cyclic amide) rings is 1. The van der Waals surface area contributed by atoms with Crippen molar-refractivity contribution in [3.05, 3.63) is 58.0 Å². The third kappa shape index (κ3) is 3.97. The summed E-state index contributed by atoms with van der Waals surface area (Å²) in [7, 11) is 1.29. The number of carbonyl (C=O) groups is 3. The highest BCUT2D eigenvalue weighted by molar-refractivity contribution is 8.00. The SMILES string of the molecule is CON=C(C(=O)N[C@@H]1C(=O)N2C(C(=O)O)=C(Cc3c(C)[nH][n+]4ccccc34)CS[C@@H]12)c1csc(N)n1. The van der Waals surface area contributed by atoms with Gasteiger partial charge in [0.05, 0.1) is 11.3 Å². The first-order chi connectivity index (χ1) is 17.3. The number of hydrogen-bond acceptors (Lipinski definition) is 9. The van der Waals surface area contributed by atoms with Crippen LogP contribution in [0, 0.1) is 6.92 Å². The fraction of sp³-hybridized carbons (Fsp3) is 0.273. The van der Waals surface area contributed by atoms with E-state index in [1.807, 2.05) is 35.8 Å². The summed E-state index contributed by atoms with van der Waals surface area (Å²) in [5, 5.41) is 20.9. The molecule has 0 aliphatic carbocycles. The third-order valence-corrected chi connectivity index (χ3v) is 8.01. The lowest BCUT2D eigenvalue weighted by atomic mass is 9.98. The zero-order chi connectivity index (χ0) is 25.6. The average molecular weight is 529 g/mol. The van der Waals surface area contributed by atoms with Gasteiger partial charge in [0.25, 0.3) is 11.8 Å². The van der Waals surface area contributed by atoms with Crippen molar-refractivity contribution in [1.29, 1.82) is 0 Å². The molecule has 1 saturated heterocycles. The van der Waals surface area contributed by atoms with E-state index >= 15 is 0 Å². The lowest BCUT2D eigenvalue weighted by Gasteiger charge is -2.49. The molecule has 5 N–H and O–H groups in total. The molecule has 2 amide bonds. The van der Waals surface area contributed by atoms with Gasteiger partial charge < -0.3 is 21.0 Å². The molecule has 0 spiro atoms. The Hall–Kier alpha value is -3.91. The van der Waals surface area contributed by atoms with Crippen LogP contribution in [0.3, 0.4) is 0 Å². The summed E-state index contributed by atoms with van der Waals surface area (Å²) in [5.74, 6) is -1.96. The maximum Gasteiger partial charge on any atom is 0.352 e. The Morgan fingerprint density at radius 1 is 1.44 bits per heavy atom. The van der Waals surface area contributed by atoms with Gasteiger partial charge in [-0.15, -0.1) is 23.1 Å². The minimum absolute atomic E-state index is 0.0398. The Balaban J connectivity index is 1.39. The van der Waals surface area contributed by atoms with Gasteiger partial charge in [0.2, 0.25) is 11.7 Å². The molecule has 5 heterocycles. The predicted octanol–water partition coefficient (Wildman–Crippen LogP) is 0.432. The van der Waals surface area contributed by atoms with Gasteiger partial charge in [0, 0.05) is 29.7 Å². The van der Waals surface area contributed by atoms with Gasteiger partial charge in [-0.2, -0.15) is 5.10 Å². The molecule has 12 nitrogen and oxygen atoms in total. The number of carboxylic acids is 1. The molecule has 36 heavy (non-hydrogen) atoms. The number of rotatable bonds is 7. The second-order valence-corrected chi connectivity index (χ2v) is 10.2. The number of carbonyl (C=O) groups excluding carboxylic acids is 2. The number of aromatic amines is 1. The molecule has 5 rings (SSSR count). The first-order valence-electron chi connectivity index (χ1n) is 10.8. The number of amides is 2. The van der Waals surface area contributed by atoms with Gasteiger partial charge in [-0.3, -0.25) is 14.5 Å². The van der Waals surface area contributed by atoms with Crippen LogP contribution in [0.2, 0.25) is 0 Å². The number of aromatic nitrogens is 3. The van der Waals surface area contributed by atoms with Gasteiger partial charge in [-0.25, -0.2) is 9.78 Å². The van der Waals surface area contributed by atoms with E-state index in [0.717, 1.165) is 28.1 Å². The predicted molar refractivity (Wildman–Crippen MR) is 132 cm³/mol. The maximum absolute atomic E-state index is 13.1. The van der Waals surface area contributed by atoms with Crippen molar-refractivity contribution in [2.45, 2.75) is 24.8 Å². The van der Waals surface area contributed by atoms with Crippen molar-refractivity contribution in [2.75, 3.05) is 18.6 Å². The number of nitrogens with two attached hydrogens (primary N) is 1. The number of thiazole rings is 1. The van der Waals surface area contributed by atoms with E-state index in [0.29, 0.717) is 17.7 Å². The van der Waals surface area contributed by atoms with Gasteiger partial charge in [0.1, 0.15) is 29.9 Å². The molecule has 1 fully saturated rings. The number of carboxylic acid groups (broad SMARTS) is 1. The molecule has 0 radical (unpaired) electrons. The molecule has 2 aliphatic rings. The Bertz CT molecular complexity index is 1460. The van der Waals surface area contributed by atoms with Gasteiger partial charge in [-0.05, 0) is 18.6 Å². The summed E-state index contributed by atoms with van der Waals surface area (Å²) in [4.78, 5) is 48.3. The Labute approximate surface area is 212 Å². The molecule has 0 bridgehead atoms. The van der Waals surface area contributed by atoms with Crippen molar-refractivity contribution in [2.24, 2.45) is 5.16 Å². The van der Waals surface area contributed by atoms with Crippen LogP contribution in [-0.4, -0.2) is 67.9 Å². The number of aryl methyl sites for hydroxylation is 1. The van der Waals surface area contributed by atoms with E-state index in [4.69, 9.17) is 10.6 Å². The van der Waals surface area contributed by atoms with Crippen LogP contribution in [-0.2, 0) is 25.6 Å². The largest absolute Gasteiger partial charge is 0.477 e. The first-order valence-corrected chi connectivity index (χ1v) is 12.7. The molecule has 14 heteroatoms. The van der Waals surface area contributed by atoms with Crippen LogP contribution in [0.1, 0.15) is 17.0 Å². The quantitative estimate of drug-likeness (QED) is 0.148. The van der Waals surface area contributed by atoms with E-state index in [2.05, 4.69) is 20.6 Å². The molecule has 2 aliphatic heterocycles. The number of pyridine rings is 1. The molecular formula is C22H22N7O5S2+. The smallest absolute Gasteiger partial charge is 0.352 e. The number of H-pyrrole nitrogens is 1. The molecular weight excluding hydrogens is 506 g/mol. The van der Waals surface area contributed by atoms with Gasteiger partial charge in [-0.1, -0.05) is 9.67 Å². The average Bonchev–Trinajstić information content (AvgIpc) is 3.42. The van der Waals surface area contributed by atoms with E-state index in [9.17, 15) is 19.5 Å². The second kappa shape index (κ2) is 9.28. The van der Waals surface area contributed by atoms with Crippen LogP contribution in [0.25, 0.3) is 5.52 Å². The summed E-state index contributed by atoms with van der Waals surface area (Å²) >= 11 is 2.54. The van der Waals surface area contributed by atoms with Crippen molar-refractivity contribution in [1.82, 2.24) is 20.3 Å². The van der Waals surface area contributed by atoms with E-state index in [1.54, 1.807) is 5.38 Å². The highest BCUT2D eigenvalue weighted by atomic mass is 32.2. The van der Waals surface area contributed by atoms with Crippen LogP contribution in [0.4, 0.5) is 5.13 Å². The van der Waals surface area contributed by atoms with E-state index in [-0.39, 0.29) is 22.2 Å². The summed E-state index contributed by atoms with van der Waals surface area (Å²) < 4.78 is 1.87. The van der Waals surface area contributed by atoms with E-state index in [1.165, 1.54) is 23.8 Å². The third-order valence-electron chi connectivity index (χ3n) is 6.00. The molecule has 0 saturated carbocycles. The maximum atomic E-state index is 13.1. The fourth-order valence-electron chi connectivity index (χ4n) is 4.38. The van der Waals surface area contributed by atoms with Crippen LogP contribution < -0.4 is 15.6 Å². The lowest BCUT2D eigenvalue weighted by Crippen LogP contribution is -2.71. The molecule has 0 unspecified atom stereocenters. The Morgan fingerprint density at radius 2 is 2.25 bits per heavy atom. The highest BCUT2D eigenvalue weighted by Gasteiger charge is 2.54. The van der Waals surface area contributed by atoms with Crippen molar-refractivity contribution >= 4 is 57.2 Å². The molecule has 3 aromatic heterocycles. The molecule has 3 aromatic rings. The Kier molecular flexibility index (Phi) is 6.14. The van der Waals surface area contributed by atoms with E-state index < -0.39 is 29.2 Å². The second-order valence-electron chi connectivity index (χ2n) is 8.16. The van der Waals surface area contributed by atoms with Gasteiger partial charge >= 0.3 is 5.97 Å². The number of oxime groups is 1. The lowest BCUT2D eigenvalue weighted by molar-refractivity contribution is -0.577. The normalized spacial score (nSPS) is 19.8. The van der Waals surface area contributed by atoms with Crippen LogP contribution in [0.5, 0.6) is 0 Å². The molecule has 0 aromatic carbocycles. The number of thioether (sulfide) groups is 1. The van der Waals surface area contributed by atoms with Crippen LogP contribution >= 0.6 is 23.1 Å².